The Morgan fingerprint density at radius 1 is 1.20 bits per heavy atom. The highest BCUT2D eigenvalue weighted by Gasteiger charge is 2.39. The van der Waals surface area contributed by atoms with E-state index < -0.39 is 21.9 Å². The van der Waals surface area contributed by atoms with E-state index in [1.807, 2.05) is 0 Å². The molecule has 0 amide bonds. The topological polar surface area (TPSA) is 90.9 Å². The molecule has 0 unspecified atom stereocenters. The van der Waals surface area contributed by atoms with E-state index >= 15 is 0 Å². The summed E-state index contributed by atoms with van der Waals surface area (Å²) in [5.41, 5.74) is 0.915. The Morgan fingerprint density at radius 3 is 2.52 bits per heavy atom. The first kappa shape index (κ1) is 17.9. The van der Waals surface area contributed by atoms with Gasteiger partial charge in [-0.15, -0.1) is 0 Å². The van der Waals surface area contributed by atoms with Gasteiger partial charge in [-0.3, -0.25) is 4.98 Å². The molecule has 1 aliphatic carbocycles. The SMILES string of the molecule is NS(=O)(=O)CCc1ccc(-n2nc(C(F)(F)F)c3c2CCCC3)cn1. The molecule has 0 fully saturated rings. The number of rotatable bonds is 4. The van der Waals surface area contributed by atoms with E-state index in [-0.39, 0.29) is 17.7 Å². The fraction of sp³-hybridized carbons (Fsp3) is 0.467. The van der Waals surface area contributed by atoms with E-state index in [0.29, 0.717) is 36.3 Å². The van der Waals surface area contributed by atoms with Gasteiger partial charge in [-0.05, 0) is 37.8 Å². The Labute approximate surface area is 142 Å². The third kappa shape index (κ3) is 4.01. The summed E-state index contributed by atoms with van der Waals surface area (Å²) in [5.74, 6) is -0.241. The second-order valence-electron chi connectivity index (χ2n) is 6.02. The van der Waals surface area contributed by atoms with Crippen LogP contribution in [0.5, 0.6) is 0 Å². The van der Waals surface area contributed by atoms with Crippen molar-refractivity contribution in [2.45, 2.75) is 38.3 Å². The summed E-state index contributed by atoms with van der Waals surface area (Å²) >= 11 is 0. The van der Waals surface area contributed by atoms with Crippen molar-refractivity contribution >= 4 is 10.0 Å². The highest BCUT2D eigenvalue weighted by atomic mass is 32.2. The number of aryl methyl sites for hydroxylation is 1. The van der Waals surface area contributed by atoms with Gasteiger partial charge in [0.15, 0.2) is 5.69 Å². The summed E-state index contributed by atoms with van der Waals surface area (Å²) < 4.78 is 62.9. The molecule has 6 nitrogen and oxygen atoms in total. The summed E-state index contributed by atoms with van der Waals surface area (Å²) in [6, 6.07) is 3.16. The zero-order chi connectivity index (χ0) is 18.2. The van der Waals surface area contributed by atoms with Crippen molar-refractivity contribution in [2.75, 3.05) is 5.75 Å². The molecule has 0 bridgehead atoms. The Kier molecular flexibility index (Phi) is 4.58. The number of halogens is 3. The van der Waals surface area contributed by atoms with Gasteiger partial charge in [0.05, 0.1) is 17.6 Å². The van der Waals surface area contributed by atoms with Crippen LogP contribution in [-0.4, -0.2) is 28.9 Å². The standard InChI is InChI=1S/C15H17F3N4O2S/c16-15(17,18)14-12-3-1-2-4-13(12)22(21-14)11-6-5-10(20-9-11)7-8-25(19,23)24/h5-6,9H,1-4,7-8H2,(H2,19,23,24). The number of primary sulfonamides is 1. The van der Waals surface area contributed by atoms with Crippen LogP contribution in [0.4, 0.5) is 13.2 Å². The average Bonchev–Trinajstić information content (AvgIpc) is 2.93. The molecule has 0 saturated carbocycles. The Morgan fingerprint density at radius 2 is 1.92 bits per heavy atom. The van der Waals surface area contributed by atoms with E-state index in [4.69, 9.17) is 5.14 Å². The zero-order valence-corrected chi connectivity index (χ0v) is 14.1. The summed E-state index contributed by atoms with van der Waals surface area (Å²) in [6.07, 6.45) is -0.516. The molecule has 0 aliphatic heterocycles. The van der Waals surface area contributed by atoms with Crippen molar-refractivity contribution in [1.29, 1.82) is 0 Å². The number of alkyl halides is 3. The normalized spacial score (nSPS) is 15.2. The molecule has 2 aromatic rings. The molecular formula is C15H17F3N4O2S. The van der Waals surface area contributed by atoms with E-state index in [2.05, 4.69) is 10.1 Å². The van der Waals surface area contributed by atoms with Crippen LogP contribution < -0.4 is 5.14 Å². The third-order valence-electron chi connectivity index (χ3n) is 4.15. The minimum atomic E-state index is -4.49. The molecule has 2 aromatic heterocycles. The number of hydrogen-bond acceptors (Lipinski definition) is 4. The second kappa shape index (κ2) is 6.41. The zero-order valence-electron chi connectivity index (χ0n) is 13.3. The van der Waals surface area contributed by atoms with Crippen molar-refractivity contribution in [3.63, 3.8) is 0 Å². The van der Waals surface area contributed by atoms with Crippen LogP contribution in [0.25, 0.3) is 5.69 Å². The van der Waals surface area contributed by atoms with Gasteiger partial charge in [0.1, 0.15) is 0 Å². The van der Waals surface area contributed by atoms with Crippen molar-refractivity contribution in [3.8, 4) is 5.69 Å². The predicted octanol–water partition coefficient (Wildman–Crippen LogP) is 2.00. The average molecular weight is 374 g/mol. The highest BCUT2D eigenvalue weighted by molar-refractivity contribution is 7.89. The largest absolute Gasteiger partial charge is 0.435 e. The van der Waals surface area contributed by atoms with Crippen molar-refractivity contribution in [2.24, 2.45) is 5.14 Å². The number of fused-ring (bicyclic) bond motifs is 1. The van der Waals surface area contributed by atoms with Gasteiger partial charge in [0, 0.05) is 23.4 Å². The van der Waals surface area contributed by atoms with Crippen molar-refractivity contribution in [1.82, 2.24) is 14.8 Å². The summed E-state index contributed by atoms with van der Waals surface area (Å²) in [4.78, 5) is 4.12. The van der Waals surface area contributed by atoms with Crippen LogP contribution >= 0.6 is 0 Å². The highest BCUT2D eigenvalue weighted by Crippen LogP contribution is 2.36. The number of nitrogens with two attached hydrogens (primary N) is 1. The number of hydrogen-bond donors (Lipinski definition) is 1. The fourth-order valence-electron chi connectivity index (χ4n) is 2.98. The van der Waals surface area contributed by atoms with Gasteiger partial charge in [-0.2, -0.15) is 18.3 Å². The quantitative estimate of drug-likeness (QED) is 0.886. The van der Waals surface area contributed by atoms with E-state index in [9.17, 15) is 21.6 Å². The summed E-state index contributed by atoms with van der Waals surface area (Å²) in [6.45, 7) is 0. The molecular weight excluding hydrogens is 357 g/mol. The monoisotopic (exact) mass is 374 g/mol. The van der Waals surface area contributed by atoms with Gasteiger partial charge >= 0.3 is 6.18 Å². The molecule has 0 spiro atoms. The first-order valence-electron chi connectivity index (χ1n) is 7.79. The molecule has 2 N–H and O–H groups in total. The Balaban J connectivity index is 1.93. The second-order valence-corrected chi connectivity index (χ2v) is 7.75. The van der Waals surface area contributed by atoms with Crippen LogP contribution in [0.3, 0.4) is 0 Å². The van der Waals surface area contributed by atoms with Crippen molar-refractivity contribution in [3.05, 3.63) is 41.0 Å². The minimum absolute atomic E-state index is 0.143. The third-order valence-corrected chi connectivity index (χ3v) is 4.92. The Hall–Kier alpha value is -1.94. The molecule has 3 rings (SSSR count). The first-order chi connectivity index (χ1) is 11.6. The lowest BCUT2D eigenvalue weighted by molar-refractivity contribution is -0.142. The van der Waals surface area contributed by atoms with Crippen LogP contribution in [-0.2, 0) is 35.5 Å². The number of pyridine rings is 1. The van der Waals surface area contributed by atoms with Gasteiger partial charge in [-0.1, -0.05) is 0 Å². The maximum Gasteiger partial charge on any atom is 0.435 e. The van der Waals surface area contributed by atoms with E-state index in [0.717, 1.165) is 6.42 Å². The smallest absolute Gasteiger partial charge is 0.259 e. The fourth-order valence-corrected chi connectivity index (χ4v) is 3.47. The molecule has 2 heterocycles. The molecule has 0 saturated heterocycles. The maximum absolute atomic E-state index is 13.2. The molecule has 10 heteroatoms. The number of sulfonamides is 1. The lowest BCUT2D eigenvalue weighted by atomic mass is 9.95. The van der Waals surface area contributed by atoms with Crippen LogP contribution in [0.2, 0.25) is 0 Å². The summed E-state index contributed by atoms with van der Waals surface area (Å²) in [7, 11) is -3.59. The van der Waals surface area contributed by atoms with Crippen LogP contribution in [0.1, 0.15) is 35.5 Å². The van der Waals surface area contributed by atoms with Crippen molar-refractivity contribution < 1.29 is 21.6 Å². The van der Waals surface area contributed by atoms with Crippen LogP contribution in [0.15, 0.2) is 18.3 Å². The van der Waals surface area contributed by atoms with Gasteiger partial charge < -0.3 is 0 Å². The number of nitrogens with zero attached hydrogens (tertiary/aromatic N) is 3. The first-order valence-corrected chi connectivity index (χ1v) is 9.50. The molecule has 25 heavy (non-hydrogen) atoms. The van der Waals surface area contributed by atoms with Gasteiger partial charge in [0.25, 0.3) is 0 Å². The lowest BCUT2D eigenvalue weighted by Crippen LogP contribution is -2.18. The maximum atomic E-state index is 13.2. The predicted molar refractivity (Wildman–Crippen MR) is 84.7 cm³/mol. The van der Waals surface area contributed by atoms with Gasteiger partial charge in [0.2, 0.25) is 10.0 Å². The lowest BCUT2D eigenvalue weighted by Gasteiger charge is -2.14. The minimum Gasteiger partial charge on any atom is -0.259 e. The van der Waals surface area contributed by atoms with Crippen LogP contribution in [0, 0.1) is 0 Å². The Bertz CT molecular complexity index is 873. The van der Waals surface area contributed by atoms with Gasteiger partial charge in [-0.25, -0.2) is 18.2 Å². The molecule has 1 aliphatic rings. The van der Waals surface area contributed by atoms with E-state index in [1.165, 1.54) is 10.9 Å². The molecule has 0 radical (unpaired) electrons. The molecule has 136 valence electrons. The molecule has 0 atom stereocenters. The number of aromatic nitrogens is 3. The summed E-state index contributed by atoms with van der Waals surface area (Å²) in [5, 5.41) is 8.73. The van der Waals surface area contributed by atoms with E-state index in [1.54, 1.807) is 12.1 Å². The molecule has 0 aromatic carbocycles.